The van der Waals surface area contributed by atoms with E-state index >= 15 is 0 Å². The van der Waals surface area contributed by atoms with Crippen LogP contribution in [-0.4, -0.2) is 28.8 Å². The van der Waals surface area contributed by atoms with E-state index in [1.165, 1.54) is 18.2 Å². The van der Waals surface area contributed by atoms with Crippen molar-refractivity contribution in [1.29, 1.82) is 0 Å². The van der Waals surface area contributed by atoms with E-state index in [4.69, 9.17) is 11.6 Å². The molecule has 0 unspecified atom stereocenters. The first-order valence-corrected chi connectivity index (χ1v) is 7.49. The molecule has 0 aliphatic rings. The van der Waals surface area contributed by atoms with Gasteiger partial charge in [-0.25, -0.2) is 4.39 Å². The van der Waals surface area contributed by atoms with Crippen LogP contribution >= 0.6 is 11.6 Å². The van der Waals surface area contributed by atoms with Crippen molar-refractivity contribution < 1.29 is 19.4 Å². The zero-order chi connectivity index (χ0) is 16.8. The molecule has 0 radical (unpaired) electrons. The summed E-state index contributed by atoms with van der Waals surface area (Å²) in [6, 6.07) is 12.3. The maximum Gasteiger partial charge on any atom is 0.254 e. The van der Waals surface area contributed by atoms with Gasteiger partial charge in [0, 0.05) is 0 Å². The summed E-state index contributed by atoms with van der Waals surface area (Å²) in [4.78, 5) is 12.1. The molecular weight excluding hydrogens is 321 g/mol. The number of aliphatic hydroxyl groups excluding tert-OH is 2. The van der Waals surface area contributed by atoms with Crippen LogP contribution in [0, 0.1) is 5.82 Å². The molecule has 3 N–H and O–H groups in total. The highest BCUT2D eigenvalue weighted by Crippen LogP contribution is 2.20. The predicted molar refractivity (Wildman–Crippen MR) is 85.8 cm³/mol. The molecule has 0 aliphatic carbocycles. The van der Waals surface area contributed by atoms with Crippen LogP contribution in [0.15, 0.2) is 48.5 Å². The average Bonchev–Trinajstić information content (AvgIpc) is 2.57. The average molecular weight is 338 g/mol. The molecule has 2 aromatic carbocycles. The van der Waals surface area contributed by atoms with Crippen molar-refractivity contribution in [2.75, 3.05) is 6.61 Å². The summed E-state index contributed by atoms with van der Waals surface area (Å²) in [5.41, 5.74) is 0.472. The summed E-state index contributed by atoms with van der Waals surface area (Å²) < 4.78 is 13.8. The van der Waals surface area contributed by atoms with E-state index in [2.05, 4.69) is 5.32 Å². The third kappa shape index (κ3) is 4.51. The molecule has 0 spiro atoms. The smallest absolute Gasteiger partial charge is 0.254 e. The summed E-state index contributed by atoms with van der Waals surface area (Å²) in [7, 11) is 0. The lowest BCUT2D eigenvalue weighted by atomic mass is 10.0. The fourth-order valence-corrected chi connectivity index (χ4v) is 2.38. The van der Waals surface area contributed by atoms with Crippen molar-refractivity contribution in [3.63, 3.8) is 0 Å². The lowest BCUT2D eigenvalue weighted by molar-refractivity contribution is 0.0862. The number of hydrogen-bond acceptors (Lipinski definition) is 3. The highest BCUT2D eigenvalue weighted by atomic mass is 35.5. The van der Waals surface area contributed by atoms with Gasteiger partial charge in [0.2, 0.25) is 0 Å². The molecule has 1 amide bonds. The molecule has 122 valence electrons. The Labute approximate surface area is 138 Å². The summed E-state index contributed by atoms with van der Waals surface area (Å²) in [6.45, 7) is -0.377. The predicted octanol–water partition coefficient (Wildman–Crippen LogP) is 2.69. The van der Waals surface area contributed by atoms with Gasteiger partial charge in [0.15, 0.2) is 5.82 Å². The van der Waals surface area contributed by atoms with Crippen molar-refractivity contribution in [1.82, 2.24) is 5.32 Å². The normalized spacial score (nSPS) is 13.4. The molecule has 0 aromatic heterocycles. The minimum Gasteiger partial charge on any atom is -0.394 e. The summed E-state index contributed by atoms with van der Waals surface area (Å²) >= 11 is 5.65. The van der Waals surface area contributed by atoms with Gasteiger partial charge >= 0.3 is 0 Å². The van der Waals surface area contributed by atoms with Crippen LogP contribution in [0.5, 0.6) is 0 Å². The van der Waals surface area contributed by atoms with E-state index in [0.29, 0.717) is 5.56 Å². The topological polar surface area (TPSA) is 69.6 Å². The number of carbonyl (C=O) groups is 1. The van der Waals surface area contributed by atoms with Crippen LogP contribution in [0.1, 0.15) is 28.4 Å². The monoisotopic (exact) mass is 337 g/mol. The second kappa shape index (κ2) is 8.06. The largest absolute Gasteiger partial charge is 0.394 e. The molecule has 23 heavy (non-hydrogen) atoms. The Kier molecular flexibility index (Phi) is 6.10. The number of hydrogen-bond donors (Lipinski definition) is 3. The van der Waals surface area contributed by atoms with Gasteiger partial charge in [-0.1, -0.05) is 48.0 Å². The van der Waals surface area contributed by atoms with E-state index in [0.717, 1.165) is 0 Å². The molecule has 2 aromatic rings. The fraction of sp³-hybridized carbons (Fsp3) is 0.235. The van der Waals surface area contributed by atoms with Gasteiger partial charge in [-0.05, 0) is 24.1 Å². The minimum atomic E-state index is -0.849. The molecule has 0 fully saturated rings. The van der Waals surface area contributed by atoms with Crippen LogP contribution in [0.3, 0.4) is 0 Å². The standard InChI is InChI=1S/C17H17ClFNO3/c18-14-8-4-7-13(16(14)19)17(23)20-12(10-21)9-15(22)11-5-2-1-3-6-11/h1-8,12,15,21-22H,9-10H2,(H,20,23)/t12-,15-/m1/s1. The Morgan fingerprint density at radius 2 is 1.87 bits per heavy atom. The van der Waals surface area contributed by atoms with Gasteiger partial charge in [0.1, 0.15) is 0 Å². The number of aliphatic hydroxyl groups is 2. The maximum atomic E-state index is 13.8. The quantitative estimate of drug-likeness (QED) is 0.759. The van der Waals surface area contributed by atoms with Crippen LogP contribution in [0.2, 0.25) is 5.02 Å². The molecule has 4 nitrogen and oxygen atoms in total. The third-order valence-electron chi connectivity index (χ3n) is 3.44. The minimum absolute atomic E-state index is 0.106. The van der Waals surface area contributed by atoms with Crippen LogP contribution in [0.25, 0.3) is 0 Å². The SMILES string of the molecule is O=C(N[C@@H](CO)C[C@@H](O)c1ccccc1)c1cccc(Cl)c1F. The zero-order valence-corrected chi connectivity index (χ0v) is 13.0. The summed E-state index contributed by atoms with van der Waals surface area (Å²) in [5, 5.41) is 21.9. The second-order valence-electron chi connectivity index (χ2n) is 5.12. The Morgan fingerprint density at radius 1 is 1.17 bits per heavy atom. The van der Waals surface area contributed by atoms with E-state index < -0.39 is 23.9 Å². The highest BCUT2D eigenvalue weighted by molar-refractivity contribution is 6.31. The molecule has 2 rings (SSSR count). The molecule has 0 heterocycles. The molecular formula is C17H17ClFNO3. The van der Waals surface area contributed by atoms with Crippen LogP contribution in [-0.2, 0) is 0 Å². The number of nitrogens with one attached hydrogen (secondary N) is 1. The first-order chi connectivity index (χ1) is 11.0. The van der Waals surface area contributed by atoms with Gasteiger partial charge in [-0.3, -0.25) is 4.79 Å². The molecule has 2 atom stereocenters. The van der Waals surface area contributed by atoms with Crippen LogP contribution < -0.4 is 5.32 Å². The number of halogens is 2. The van der Waals surface area contributed by atoms with Gasteiger partial charge in [0.25, 0.3) is 5.91 Å². The molecule has 0 aliphatic heterocycles. The zero-order valence-electron chi connectivity index (χ0n) is 12.2. The maximum absolute atomic E-state index is 13.8. The summed E-state index contributed by atoms with van der Waals surface area (Å²) in [5.74, 6) is -1.50. The number of benzene rings is 2. The van der Waals surface area contributed by atoms with Gasteiger partial charge < -0.3 is 15.5 Å². The fourth-order valence-electron chi connectivity index (χ4n) is 2.20. The number of carbonyl (C=O) groups excluding carboxylic acids is 1. The number of rotatable bonds is 6. The van der Waals surface area contributed by atoms with Crippen molar-refractivity contribution >= 4 is 17.5 Å². The van der Waals surface area contributed by atoms with E-state index in [1.54, 1.807) is 24.3 Å². The lowest BCUT2D eigenvalue weighted by Gasteiger charge is -2.20. The van der Waals surface area contributed by atoms with E-state index in [-0.39, 0.29) is 23.6 Å². The van der Waals surface area contributed by atoms with Crippen molar-refractivity contribution in [3.05, 3.63) is 70.5 Å². The van der Waals surface area contributed by atoms with Crippen LogP contribution in [0.4, 0.5) is 4.39 Å². The molecule has 0 saturated heterocycles. The Hall–Kier alpha value is -1.95. The molecule has 0 saturated carbocycles. The van der Waals surface area contributed by atoms with Gasteiger partial charge in [0.05, 0.1) is 29.3 Å². The Morgan fingerprint density at radius 3 is 2.52 bits per heavy atom. The second-order valence-corrected chi connectivity index (χ2v) is 5.52. The Bertz CT molecular complexity index is 666. The van der Waals surface area contributed by atoms with Gasteiger partial charge in [-0.15, -0.1) is 0 Å². The molecule has 6 heteroatoms. The van der Waals surface area contributed by atoms with E-state index in [1.807, 2.05) is 6.07 Å². The highest BCUT2D eigenvalue weighted by Gasteiger charge is 2.20. The van der Waals surface area contributed by atoms with Crippen molar-refractivity contribution in [3.8, 4) is 0 Å². The number of amides is 1. The Balaban J connectivity index is 2.04. The molecule has 0 bridgehead atoms. The third-order valence-corrected chi connectivity index (χ3v) is 3.74. The first kappa shape index (κ1) is 17.4. The first-order valence-electron chi connectivity index (χ1n) is 7.11. The van der Waals surface area contributed by atoms with E-state index in [9.17, 15) is 19.4 Å². The van der Waals surface area contributed by atoms with Crippen molar-refractivity contribution in [2.24, 2.45) is 0 Å². The van der Waals surface area contributed by atoms with Crippen molar-refractivity contribution in [2.45, 2.75) is 18.6 Å². The van der Waals surface area contributed by atoms with Gasteiger partial charge in [-0.2, -0.15) is 0 Å². The summed E-state index contributed by atoms with van der Waals surface area (Å²) in [6.07, 6.45) is -0.744. The lowest BCUT2D eigenvalue weighted by Crippen LogP contribution is -2.39.